The fourth-order valence-corrected chi connectivity index (χ4v) is 2.79. The molecule has 3 heteroatoms. The van der Waals surface area contributed by atoms with E-state index in [-0.39, 0.29) is 11.9 Å². The molecule has 2 saturated carbocycles. The smallest absolute Gasteiger partial charge is 0.251 e. The second-order valence-corrected chi connectivity index (χ2v) is 6.55. The Labute approximate surface area is 121 Å². The van der Waals surface area contributed by atoms with E-state index in [0.29, 0.717) is 6.04 Å². The summed E-state index contributed by atoms with van der Waals surface area (Å²) in [4.78, 5) is 11.9. The molecule has 2 aliphatic carbocycles. The molecule has 0 saturated heterocycles. The largest absolute Gasteiger partial charge is 0.382 e. The lowest BCUT2D eigenvalue weighted by Gasteiger charge is -2.19. The lowest BCUT2D eigenvalue weighted by molar-refractivity contribution is 0.0943. The van der Waals surface area contributed by atoms with Crippen molar-refractivity contribution < 1.29 is 4.79 Å². The van der Waals surface area contributed by atoms with Gasteiger partial charge in [-0.15, -0.1) is 0 Å². The van der Waals surface area contributed by atoms with Crippen molar-refractivity contribution in [1.82, 2.24) is 5.32 Å². The van der Waals surface area contributed by atoms with Gasteiger partial charge in [0.2, 0.25) is 0 Å². The summed E-state index contributed by atoms with van der Waals surface area (Å²) < 4.78 is 0. The standard InChI is InChI=1S/C17H24N2O/c1-11(2)18-17(20)14-7-9-15(10-8-14)19-16(12-3-4-12)13-5-6-13/h7-13,16,19H,3-6H2,1-2H3,(H,18,20). The number of amides is 1. The molecule has 0 spiro atoms. The molecule has 0 atom stereocenters. The van der Waals surface area contributed by atoms with Crippen LogP contribution in [-0.4, -0.2) is 18.0 Å². The van der Waals surface area contributed by atoms with Gasteiger partial charge in [0.25, 0.3) is 5.91 Å². The Hall–Kier alpha value is -1.51. The third-order valence-corrected chi connectivity index (χ3v) is 4.16. The van der Waals surface area contributed by atoms with Crippen LogP contribution in [0.25, 0.3) is 0 Å². The molecule has 108 valence electrons. The van der Waals surface area contributed by atoms with E-state index in [2.05, 4.69) is 10.6 Å². The van der Waals surface area contributed by atoms with Gasteiger partial charge in [-0.1, -0.05) is 0 Å². The first-order valence-corrected chi connectivity index (χ1v) is 7.81. The third kappa shape index (κ3) is 3.33. The lowest BCUT2D eigenvalue weighted by Crippen LogP contribution is -2.30. The Morgan fingerprint density at radius 1 is 1.05 bits per heavy atom. The van der Waals surface area contributed by atoms with Gasteiger partial charge in [-0.25, -0.2) is 0 Å². The van der Waals surface area contributed by atoms with Crippen LogP contribution in [0.4, 0.5) is 5.69 Å². The first-order chi connectivity index (χ1) is 9.63. The van der Waals surface area contributed by atoms with Crippen LogP contribution in [0.15, 0.2) is 24.3 Å². The van der Waals surface area contributed by atoms with E-state index in [9.17, 15) is 4.79 Å². The number of hydrogen-bond donors (Lipinski definition) is 2. The van der Waals surface area contributed by atoms with Gasteiger partial charge in [-0.3, -0.25) is 4.79 Å². The van der Waals surface area contributed by atoms with Crippen LogP contribution in [0.1, 0.15) is 49.9 Å². The lowest BCUT2D eigenvalue weighted by atomic mass is 10.1. The molecule has 0 unspecified atom stereocenters. The summed E-state index contributed by atoms with van der Waals surface area (Å²) >= 11 is 0. The summed E-state index contributed by atoms with van der Waals surface area (Å²) in [5, 5.41) is 6.59. The van der Waals surface area contributed by atoms with Gasteiger partial charge >= 0.3 is 0 Å². The number of carbonyl (C=O) groups is 1. The SMILES string of the molecule is CC(C)NC(=O)c1ccc(NC(C2CC2)C2CC2)cc1. The van der Waals surface area contributed by atoms with E-state index < -0.39 is 0 Å². The first-order valence-electron chi connectivity index (χ1n) is 7.81. The third-order valence-electron chi connectivity index (χ3n) is 4.16. The molecule has 3 nitrogen and oxygen atoms in total. The molecular weight excluding hydrogens is 248 g/mol. The summed E-state index contributed by atoms with van der Waals surface area (Å²) in [6.07, 6.45) is 5.51. The van der Waals surface area contributed by atoms with Gasteiger partial charge in [-0.2, -0.15) is 0 Å². The van der Waals surface area contributed by atoms with E-state index >= 15 is 0 Å². The highest BCUT2D eigenvalue weighted by molar-refractivity contribution is 5.94. The maximum absolute atomic E-state index is 11.9. The summed E-state index contributed by atoms with van der Waals surface area (Å²) in [6, 6.07) is 8.73. The average Bonchev–Trinajstić information content (AvgIpc) is 3.28. The molecule has 2 fully saturated rings. The van der Waals surface area contributed by atoms with Crippen LogP contribution in [-0.2, 0) is 0 Å². The molecule has 0 aliphatic heterocycles. The quantitative estimate of drug-likeness (QED) is 0.833. The minimum absolute atomic E-state index is 0.00693. The van der Waals surface area contributed by atoms with E-state index in [0.717, 1.165) is 23.1 Å². The van der Waals surface area contributed by atoms with E-state index in [1.807, 2.05) is 38.1 Å². The van der Waals surface area contributed by atoms with Crippen molar-refractivity contribution in [3.8, 4) is 0 Å². The Balaban J connectivity index is 1.62. The average molecular weight is 272 g/mol. The second-order valence-electron chi connectivity index (χ2n) is 6.55. The summed E-state index contributed by atoms with van der Waals surface area (Å²) in [6.45, 7) is 3.95. The van der Waals surface area contributed by atoms with Crippen LogP contribution >= 0.6 is 0 Å². The zero-order valence-electron chi connectivity index (χ0n) is 12.4. The van der Waals surface area contributed by atoms with E-state index in [1.165, 1.54) is 25.7 Å². The van der Waals surface area contributed by atoms with Crippen LogP contribution < -0.4 is 10.6 Å². The van der Waals surface area contributed by atoms with Gasteiger partial charge in [0, 0.05) is 23.3 Å². The molecule has 1 aromatic carbocycles. The maximum atomic E-state index is 11.9. The Morgan fingerprint density at radius 3 is 2.05 bits per heavy atom. The van der Waals surface area contributed by atoms with Gasteiger partial charge < -0.3 is 10.6 Å². The minimum Gasteiger partial charge on any atom is -0.382 e. The molecule has 20 heavy (non-hydrogen) atoms. The van der Waals surface area contributed by atoms with E-state index in [1.54, 1.807) is 0 Å². The molecule has 0 aromatic heterocycles. The van der Waals surface area contributed by atoms with Crippen molar-refractivity contribution in [2.75, 3.05) is 5.32 Å². The van der Waals surface area contributed by atoms with E-state index in [4.69, 9.17) is 0 Å². The molecule has 3 rings (SSSR count). The fraction of sp³-hybridized carbons (Fsp3) is 0.588. The highest BCUT2D eigenvalue weighted by Crippen LogP contribution is 2.45. The summed E-state index contributed by atoms with van der Waals surface area (Å²) in [5.74, 6) is 1.77. The summed E-state index contributed by atoms with van der Waals surface area (Å²) in [5.41, 5.74) is 1.88. The predicted molar refractivity (Wildman–Crippen MR) is 81.9 cm³/mol. The minimum atomic E-state index is 0.00693. The van der Waals surface area contributed by atoms with Crippen molar-refractivity contribution in [3.63, 3.8) is 0 Å². The van der Waals surface area contributed by atoms with Crippen LogP contribution in [0.3, 0.4) is 0 Å². The monoisotopic (exact) mass is 272 g/mol. The number of benzene rings is 1. The normalized spacial score (nSPS) is 18.4. The number of nitrogens with one attached hydrogen (secondary N) is 2. The molecule has 1 amide bonds. The number of carbonyl (C=O) groups excluding carboxylic acids is 1. The Morgan fingerprint density at radius 2 is 1.60 bits per heavy atom. The van der Waals surface area contributed by atoms with Crippen LogP contribution in [0, 0.1) is 11.8 Å². The Bertz CT molecular complexity index is 460. The molecule has 0 heterocycles. The highest BCUT2D eigenvalue weighted by atomic mass is 16.1. The first kappa shape index (κ1) is 13.5. The van der Waals surface area contributed by atoms with Crippen molar-refractivity contribution >= 4 is 11.6 Å². The van der Waals surface area contributed by atoms with Crippen molar-refractivity contribution in [3.05, 3.63) is 29.8 Å². The number of anilines is 1. The zero-order valence-corrected chi connectivity index (χ0v) is 12.4. The summed E-state index contributed by atoms with van der Waals surface area (Å²) in [7, 11) is 0. The topological polar surface area (TPSA) is 41.1 Å². The van der Waals surface area contributed by atoms with Gasteiger partial charge in [0.1, 0.15) is 0 Å². The van der Waals surface area contributed by atoms with Crippen LogP contribution in [0.2, 0.25) is 0 Å². The zero-order chi connectivity index (χ0) is 14.1. The van der Waals surface area contributed by atoms with Crippen LogP contribution in [0.5, 0.6) is 0 Å². The van der Waals surface area contributed by atoms with Crippen molar-refractivity contribution in [2.45, 2.75) is 51.6 Å². The molecular formula is C17H24N2O. The highest BCUT2D eigenvalue weighted by Gasteiger charge is 2.41. The molecule has 0 bridgehead atoms. The van der Waals surface area contributed by atoms with Crippen molar-refractivity contribution in [1.29, 1.82) is 0 Å². The molecule has 2 N–H and O–H groups in total. The van der Waals surface area contributed by atoms with Gasteiger partial charge in [0.05, 0.1) is 0 Å². The predicted octanol–water partition coefficient (Wildman–Crippen LogP) is 3.43. The van der Waals surface area contributed by atoms with Crippen molar-refractivity contribution in [2.24, 2.45) is 11.8 Å². The second kappa shape index (κ2) is 5.47. The van der Waals surface area contributed by atoms with Gasteiger partial charge in [-0.05, 0) is 75.6 Å². The fourth-order valence-electron chi connectivity index (χ4n) is 2.79. The van der Waals surface area contributed by atoms with Gasteiger partial charge in [0.15, 0.2) is 0 Å². The number of rotatable bonds is 6. The molecule has 1 aromatic rings. The Kier molecular flexibility index (Phi) is 3.68. The molecule has 2 aliphatic rings. The molecule has 0 radical (unpaired) electrons. The maximum Gasteiger partial charge on any atom is 0.251 e. The number of hydrogen-bond acceptors (Lipinski definition) is 2.